The molecule has 5 heteroatoms. The number of aromatic nitrogens is 3. The summed E-state index contributed by atoms with van der Waals surface area (Å²) in [6, 6.07) is 0. The van der Waals surface area contributed by atoms with Gasteiger partial charge in [0.25, 0.3) is 0 Å². The number of rotatable bonds is 5. The Bertz CT molecular complexity index is 508. The van der Waals surface area contributed by atoms with E-state index in [0.29, 0.717) is 0 Å². The van der Waals surface area contributed by atoms with E-state index in [1.165, 1.54) is 16.1 Å². The van der Waals surface area contributed by atoms with Gasteiger partial charge in [0.1, 0.15) is 5.01 Å². The highest BCUT2D eigenvalue weighted by molar-refractivity contribution is 7.11. The van der Waals surface area contributed by atoms with Crippen molar-refractivity contribution in [3.63, 3.8) is 0 Å². The van der Waals surface area contributed by atoms with Crippen LogP contribution in [-0.4, -0.2) is 21.3 Å². The third-order valence-electron chi connectivity index (χ3n) is 3.13. The molecule has 18 heavy (non-hydrogen) atoms. The molecule has 0 aromatic carbocycles. The topological polar surface area (TPSA) is 42.7 Å². The van der Waals surface area contributed by atoms with Crippen molar-refractivity contribution in [3.8, 4) is 0 Å². The summed E-state index contributed by atoms with van der Waals surface area (Å²) < 4.78 is 2.03. The fourth-order valence-electron chi connectivity index (χ4n) is 1.81. The van der Waals surface area contributed by atoms with Crippen LogP contribution in [0.2, 0.25) is 0 Å². The van der Waals surface area contributed by atoms with E-state index in [9.17, 15) is 0 Å². The molecule has 0 atom stereocenters. The summed E-state index contributed by atoms with van der Waals surface area (Å²) in [5.41, 5.74) is 3.62. The summed E-state index contributed by atoms with van der Waals surface area (Å²) in [6.45, 7) is 11.0. The zero-order valence-electron chi connectivity index (χ0n) is 11.4. The maximum Gasteiger partial charge on any atom is 0.115 e. The lowest BCUT2D eigenvalue weighted by Gasteiger charge is -2.04. The number of hydrogen-bond acceptors (Lipinski definition) is 4. The van der Waals surface area contributed by atoms with E-state index in [1.807, 2.05) is 10.9 Å². The van der Waals surface area contributed by atoms with Gasteiger partial charge in [0.05, 0.1) is 18.4 Å². The fourth-order valence-corrected chi connectivity index (χ4v) is 2.73. The predicted molar refractivity (Wildman–Crippen MR) is 75.0 cm³/mol. The first-order chi connectivity index (χ1) is 8.61. The van der Waals surface area contributed by atoms with Gasteiger partial charge < -0.3 is 5.32 Å². The molecule has 0 amide bonds. The Morgan fingerprint density at radius 1 is 1.33 bits per heavy atom. The lowest BCUT2D eigenvalue weighted by molar-refractivity contribution is 0.655. The molecule has 2 aromatic rings. The first-order valence-corrected chi connectivity index (χ1v) is 7.08. The van der Waals surface area contributed by atoms with E-state index >= 15 is 0 Å². The minimum absolute atomic E-state index is 0.775. The average molecular weight is 264 g/mol. The highest BCUT2D eigenvalue weighted by Crippen LogP contribution is 2.18. The zero-order valence-corrected chi connectivity index (χ0v) is 12.3. The standard InChI is InChI=1S/C13H20N4S/c1-5-14-6-12-7-15-17(10(12)3)8-13-16-9(2)11(4)18-13/h7,14H,5-6,8H2,1-4H3. The lowest BCUT2D eigenvalue weighted by Crippen LogP contribution is -2.12. The van der Waals surface area contributed by atoms with Gasteiger partial charge >= 0.3 is 0 Å². The summed E-state index contributed by atoms with van der Waals surface area (Å²) in [4.78, 5) is 5.85. The predicted octanol–water partition coefficient (Wildman–Crippen LogP) is 2.42. The number of nitrogens with one attached hydrogen (secondary N) is 1. The first kappa shape index (κ1) is 13.2. The van der Waals surface area contributed by atoms with Crippen LogP contribution in [0.4, 0.5) is 0 Å². The molecular formula is C13H20N4S. The molecule has 0 saturated heterocycles. The van der Waals surface area contributed by atoms with Gasteiger partial charge in [-0.2, -0.15) is 5.10 Å². The van der Waals surface area contributed by atoms with Gasteiger partial charge in [0, 0.05) is 22.7 Å². The number of hydrogen-bond donors (Lipinski definition) is 1. The molecular weight excluding hydrogens is 244 g/mol. The van der Waals surface area contributed by atoms with Gasteiger partial charge in [-0.25, -0.2) is 4.98 Å². The molecule has 2 aromatic heterocycles. The maximum atomic E-state index is 4.56. The summed E-state index contributed by atoms with van der Waals surface area (Å²) in [5, 5.41) is 8.91. The van der Waals surface area contributed by atoms with Crippen LogP contribution < -0.4 is 5.32 Å². The molecule has 98 valence electrons. The van der Waals surface area contributed by atoms with E-state index < -0.39 is 0 Å². The Balaban J connectivity index is 2.12. The van der Waals surface area contributed by atoms with Crippen LogP contribution in [0.25, 0.3) is 0 Å². The molecule has 0 saturated carbocycles. The summed E-state index contributed by atoms with van der Waals surface area (Å²) in [7, 11) is 0. The molecule has 0 bridgehead atoms. The van der Waals surface area contributed by atoms with Crippen LogP contribution in [-0.2, 0) is 13.1 Å². The Hall–Kier alpha value is -1.20. The quantitative estimate of drug-likeness (QED) is 0.902. The average Bonchev–Trinajstić information content (AvgIpc) is 2.83. The van der Waals surface area contributed by atoms with Crippen LogP contribution in [0.3, 0.4) is 0 Å². The molecule has 2 rings (SSSR count). The monoisotopic (exact) mass is 264 g/mol. The first-order valence-electron chi connectivity index (χ1n) is 6.26. The molecule has 0 aliphatic rings. The maximum absolute atomic E-state index is 4.56. The fraction of sp³-hybridized carbons (Fsp3) is 0.538. The van der Waals surface area contributed by atoms with Crippen molar-refractivity contribution in [2.75, 3.05) is 6.54 Å². The summed E-state index contributed by atoms with van der Waals surface area (Å²) in [6.07, 6.45) is 1.95. The van der Waals surface area contributed by atoms with Crippen LogP contribution in [0, 0.1) is 20.8 Å². The molecule has 0 aliphatic carbocycles. The van der Waals surface area contributed by atoms with Crippen LogP contribution >= 0.6 is 11.3 Å². The Labute approximate surface area is 112 Å². The second kappa shape index (κ2) is 5.63. The van der Waals surface area contributed by atoms with Gasteiger partial charge in [-0.1, -0.05) is 6.92 Å². The Morgan fingerprint density at radius 3 is 2.72 bits per heavy atom. The molecule has 0 aliphatic heterocycles. The normalized spacial score (nSPS) is 11.1. The van der Waals surface area contributed by atoms with Gasteiger partial charge in [-0.3, -0.25) is 4.68 Å². The van der Waals surface area contributed by atoms with Crippen LogP contribution in [0.15, 0.2) is 6.20 Å². The van der Waals surface area contributed by atoms with Gasteiger partial charge in [-0.05, 0) is 27.3 Å². The van der Waals surface area contributed by atoms with Crippen molar-refractivity contribution < 1.29 is 0 Å². The lowest BCUT2D eigenvalue weighted by atomic mass is 10.2. The zero-order chi connectivity index (χ0) is 13.1. The van der Waals surface area contributed by atoms with Crippen LogP contribution in [0.1, 0.15) is 33.8 Å². The van der Waals surface area contributed by atoms with Crippen molar-refractivity contribution in [1.29, 1.82) is 0 Å². The molecule has 2 heterocycles. The summed E-state index contributed by atoms with van der Waals surface area (Å²) in [5.74, 6) is 0. The van der Waals surface area contributed by atoms with Crippen molar-refractivity contribution in [3.05, 3.63) is 33.0 Å². The van der Waals surface area contributed by atoms with Crippen LogP contribution in [0.5, 0.6) is 0 Å². The molecule has 1 N–H and O–H groups in total. The van der Waals surface area contributed by atoms with E-state index in [-0.39, 0.29) is 0 Å². The van der Waals surface area contributed by atoms with Crippen molar-refractivity contribution in [1.82, 2.24) is 20.1 Å². The minimum Gasteiger partial charge on any atom is -0.313 e. The second-order valence-corrected chi connectivity index (χ2v) is 5.73. The number of aryl methyl sites for hydroxylation is 2. The highest BCUT2D eigenvalue weighted by atomic mass is 32.1. The SMILES string of the molecule is CCNCc1cnn(Cc2nc(C)c(C)s2)c1C. The van der Waals surface area contributed by atoms with Crippen molar-refractivity contribution in [2.45, 2.75) is 40.8 Å². The third-order valence-corrected chi connectivity index (χ3v) is 4.19. The van der Waals surface area contributed by atoms with E-state index in [0.717, 1.165) is 30.3 Å². The molecule has 0 fully saturated rings. The van der Waals surface area contributed by atoms with Gasteiger partial charge in [0.2, 0.25) is 0 Å². The second-order valence-electron chi connectivity index (χ2n) is 4.44. The third kappa shape index (κ3) is 2.79. The highest BCUT2D eigenvalue weighted by Gasteiger charge is 2.09. The van der Waals surface area contributed by atoms with Gasteiger partial charge in [0.15, 0.2) is 0 Å². The van der Waals surface area contributed by atoms with Crippen molar-refractivity contribution >= 4 is 11.3 Å². The van der Waals surface area contributed by atoms with E-state index in [1.54, 1.807) is 11.3 Å². The van der Waals surface area contributed by atoms with Gasteiger partial charge in [-0.15, -0.1) is 11.3 Å². The Morgan fingerprint density at radius 2 is 2.11 bits per heavy atom. The smallest absolute Gasteiger partial charge is 0.115 e. The molecule has 0 spiro atoms. The number of nitrogens with zero attached hydrogens (tertiary/aromatic N) is 3. The number of thiazole rings is 1. The van der Waals surface area contributed by atoms with Crippen molar-refractivity contribution in [2.24, 2.45) is 0 Å². The molecule has 0 unspecified atom stereocenters. The molecule has 0 radical (unpaired) electrons. The molecule has 4 nitrogen and oxygen atoms in total. The van der Waals surface area contributed by atoms with E-state index in [4.69, 9.17) is 0 Å². The van der Waals surface area contributed by atoms with E-state index in [2.05, 4.69) is 43.1 Å². The minimum atomic E-state index is 0.775. The largest absolute Gasteiger partial charge is 0.313 e. The summed E-state index contributed by atoms with van der Waals surface area (Å²) >= 11 is 1.76. The Kier molecular flexibility index (Phi) is 4.14.